The molecule has 140 valence electrons. The first-order chi connectivity index (χ1) is 13.1. The molecular formula is C22H24ClN3O. The molecule has 0 radical (unpaired) electrons. The van der Waals surface area contributed by atoms with Crippen LogP contribution in [0.3, 0.4) is 0 Å². The van der Waals surface area contributed by atoms with Gasteiger partial charge in [0.1, 0.15) is 6.26 Å². The number of halogens is 1. The Labute approximate surface area is 165 Å². The number of aryl methyl sites for hydroxylation is 2. The summed E-state index contributed by atoms with van der Waals surface area (Å²) in [6, 6.07) is 14.3. The molecule has 0 N–H and O–H groups in total. The van der Waals surface area contributed by atoms with Gasteiger partial charge in [-0.15, -0.1) is 0 Å². The maximum atomic E-state index is 6.24. The summed E-state index contributed by atoms with van der Waals surface area (Å²) in [6.45, 7) is 9.22. The molecule has 1 aromatic heterocycles. The van der Waals surface area contributed by atoms with Crippen molar-refractivity contribution in [1.82, 2.24) is 9.88 Å². The Morgan fingerprint density at radius 2 is 1.81 bits per heavy atom. The standard InChI is InChI=1S/C22H24ClN3O/c1-16-7-8-21(17(2)13-16)26-11-9-25(10-12-26)14-18-15-27-22(24-18)19-5-3-4-6-20(19)23/h3-8,13,15H,9-12,14H2,1-2H3. The van der Waals surface area contributed by atoms with E-state index in [1.165, 1.54) is 16.8 Å². The van der Waals surface area contributed by atoms with Gasteiger partial charge in [0.2, 0.25) is 5.89 Å². The molecule has 0 aliphatic carbocycles. The first kappa shape index (κ1) is 18.1. The number of rotatable bonds is 4. The van der Waals surface area contributed by atoms with E-state index in [0.29, 0.717) is 10.9 Å². The van der Waals surface area contributed by atoms with Crippen molar-refractivity contribution in [3.63, 3.8) is 0 Å². The van der Waals surface area contributed by atoms with Crippen molar-refractivity contribution < 1.29 is 4.42 Å². The minimum atomic E-state index is 0.588. The number of aromatic nitrogens is 1. The highest BCUT2D eigenvalue weighted by Gasteiger charge is 2.20. The Hall–Kier alpha value is -2.30. The molecule has 4 rings (SSSR count). The predicted molar refractivity (Wildman–Crippen MR) is 110 cm³/mol. The highest BCUT2D eigenvalue weighted by Crippen LogP contribution is 2.27. The van der Waals surface area contributed by atoms with Crippen LogP contribution in [-0.2, 0) is 6.54 Å². The van der Waals surface area contributed by atoms with Gasteiger partial charge in [0.05, 0.1) is 16.3 Å². The molecule has 1 saturated heterocycles. The van der Waals surface area contributed by atoms with E-state index in [1.54, 1.807) is 6.26 Å². The normalized spacial score (nSPS) is 15.3. The van der Waals surface area contributed by atoms with E-state index < -0.39 is 0 Å². The van der Waals surface area contributed by atoms with Crippen molar-refractivity contribution >= 4 is 17.3 Å². The van der Waals surface area contributed by atoms with E-state index >= 15 is 0 Å². The molecule has 1 fully saturated rings. The number of hydrogen-bond acceptors (Lipinski definition) is 4. The van der Waals surface area contributed by atoms with Gasteiger partial charge in [0, 0.05) is 38.4 Å². The fraction of sp³-hybridized carbons (Fsp3) is 0.318. The van der Waals surface area contributed by atoms with E-state index in [0.717, 1.165) is 44.0 Å². The lowest BCUT2D eigenvalue weighted by molar-refractivity contribution is 0.247. The first-order valence-corrected chi connectivity index (χ1v) is 9.72. The van der Waals surface area contributed by atoms with E-state index in [4.69, 9.17) is 16.0 Å². The average molecular weight is 382 g/mol. The molecule has 0 bridgehead atoms. The lowest BCUT2D eigenvalue weighted by Crippen LogP contribution is -2.46. The summed E-state index contributed by atoms with van der Waals surface area (Å²) in [6.07, 6.45) is 1.75. The van der Waals surface area contributed by atoms with Gasteiger partial charge in [-0.2, -0.15) is 0 Å². The number of nitrogens with zero attached hydrogens (tertiary/aromatic N) is 3. The number of benzene rings is 2. The summed E-state index contributed by atoms with van der Waals surface area (Å²) in [4.78, 5) is 9.53. The lowest BCUT2D eigenvalue weighted by Gasteiger charge is -2.36. The van der Waals surface area contributed by atoms with Gasteiger partial charge in [0.15, 0.2) is 0 Å². The molecule has 0 amide bonds. The Morgan fingerprint density at radius 3 is 2.56 bits per heavy atom. The zero-order chi connectivity index (χ0) is 18.8. The SMILES string of the molecule is Cc1ccc(N2CCN(Cc3coc(-c4ccccc4Cl)n3)CC2)c(C)c1. The number of piperazine rings is 1. The summed E-state index contributed by atoms with van der Waals surface area (Å²) in [5.41, 5.74) is 5.80. The van der Waals surface area contributed by atoms with Crippen molar-refractivity contribution in [1.29, 1.82) is 0 Å². The second-order valence-corrected chi connectivity index (χ2v) is 7.58. The van der Waals surface area contributed by atoms with Gasteiger partial charge < -0.3 is 9.32 Å². The molecule has 5 heteroatoms. The van der Waals surface area contributed by atoms with Crippen molar-refractivity contribution in [2.45, 2.75) is 20.4 Å². The van der Waals surface area contributed by atoms with Crippen LogP contribution in [0.5, 0.6) is 0 Å². The van der Waals surface area contributed by atoms with E-state index in [2.05, 4.69) is 46.8 Å². The average Bonchev–Trinajstić information content (AvgIpc) is 3.11. The topological polar surface area (TPSA) is 32.5 Å². The zero-order valence-corrected chi connectivity index (χ0v) is 16.5. The Morgan fingerprint density at radius 1 is 1.04 bits per heavy atom. The largest absolute Gasteiger partial charge is 0.444 e. The number of hydrogen-bond donors (Lipinski definition) is 0. The molecular weight excluding hydrogens is 358 g/mol. The van der Waals surface area contributed by atoms with E-state index in [9.17, 15) is 0 Å². The molecule has 1 aliphatic rings. The summed E-state index contributed by atoms with van der Waals surface area (Å²) < 4.78 is 5.66. The maximum absolute atomic E-state index is 6.24. The minimum absolute atomic E-state index is 0.588. The first-order valence-electron chi connectivity index (χ1n) is 9.34. The monoisotopic (exact) mass is 381 g/mol. The molecule has 2 heterocycles. The molecule has 3 aromatic rings. The maximum Gasteiger partial charge on any atom is 0.227 e. The van der Waals surface area contributed by atoms with Crippen LogP contribution in [0.15, 0.2) is 53.1 Å². The summed E-state index contributed by atoms with van der Waals surface area (Å²) >= 11 is 6.24. The van der Waals surface area contributed by atoms with Crippen LogP contribution in [0.25, 0.3) is 11.5 Å². The third kappa shape index (κ3) is 4.02. The van der Waals surface area contributed by atoms with Crippen molar-refractivity contribution in [2.75, 3.05) is 31.1 Å². The lowest BCUT2D eigenvalue weighted by atomic mass is 10.1. The highest BCUT2D eigenvalue weighted by atomic mass is 35.5. The molecule has 0 unspecified atom stereocenters. The predicted octanol–water partition coefficient (Wildman–Crippen LogP) is 4.93. The van der Waals surface area contributed by atoms with Crippen LogP contribution in [0.4, 0.5) is 5.69 Å². The molecule has 2 aromatic carbocycles. The summed E-state index contributed by atoms with van der Waals surface area (Å²) in [7, 11) is 0. The van der Waals surface area contributed by atoms with Gasteiger partial charge in [-0.25, -0.2) is 4.98 Å². The summed E-state index contributed by atoms with van der Waals surface area (Å²) in [5.74, 6) is 0.588. The zero-order valence-electron chi connectivity index (χ0n) is 15.8. The van der Waals surface area contributed by atoms with Crippen LogP contribution in [-0.4, -0.2) is 36.1 Å². The van der Waals surface area contributed by atoms with Crippen molar-refractivity contribution in [2.24, 2.45) is 0 Å². The van der Waals surface area contributed by atoms with Crippen molar-refractivity contribution in [3.05, 3.63) is 70.6 Å². The van der Waals surface area contributed by atoms with Gasteiger partial charge in [-0.3, -0.25) is 4.90 Å². The second kappa shape index (κ2) is 7.75. The third-order valence-corrected chi connectivity index (χ3v) is 5.44. The second-order valence-electron chi connectivity index (χ2n) is 7.18. The molecule has 0 atom stereocenters. The van der Waals surface area contributed by atoms with Gasteiger partial charge in [-0.05, 0) is 37.6 Å². The van der Waals surface area contributed by atoms with E-state index in [-0.39, 0.29) is 0 Å². The van der Waals surface area contributed by atoms with Crippen LogP contribution in [0.1, 0.15) is 16.8 Å². The third-order valence-electron chi connectivity index (χ3n) is 5.11. The quantitative estimate of drug-likeness (QED) is 0.641. The fourth-order valence-corrected chi connectivity index (χ4v) is 3.89. The summed E-state index contributed by atoms with van der Waals surface area (Å²) in [5, 5.41) is 0.660. The number of oxazole rings is 1. The molecule has 0 spiro atoms. The van der Waals surface area contributed by atoms with Gasteiger partial charge in [0.25, 0.3) is 0 Å². The van der Waals surface area contributed by atoms with Crippen LogP contribution in [0.2, 0.25) is 5.02 Å². The van der Waals surface area contributed by atoms with Crippen LogP contribution in [0, 0.1) is 13.8 Å². The molecule has 1 aliphatic heterocycles. The van der Waals surface area contributed by atoms with Crippen molar-refractivity contribution in [3.8, 4) is 11.5 Å². The fourth-order valence-electron chi connectivity index (χ4n) is 3.67. The van der Waals surface area contributed by atoms with Gasteiger partial charge >= 0.3 is 0 Å². The minimum Gasteiger partial charge on any atom is -0.444 e. The van der Waals surface area contributed by atoms with Gasteiger partial charge in [-0.1, -0.05) is 41.4 Å². The van der Waals surface area contributed by atoms with Crippen LogP contribution < -0.4 is 4.90 Å². The Balaban J connectivity index is 1.38. The van der Waals surface area contributed by atoms with E-state index in [1.807, 2.05) is 24.3 Å². The molecule has 0 saturated carbocycles. The number of anilines is 1. The molecule has 27 heavy (non-hydrogen) atoms. The Bertz CT molecular complexity index is 929. The smallest absolute Gasteiger partial charge is 0.227 e. The molecule has 4 nitrogen and oxygen atoms in total. The van der Waals surface area contributed by atoms with Crippen LogP contribution >= 0.6 is 11.6 Å². The Kier molecular flexibility index (Phi) is 5.19. The highest BCUT2D eigenvalue weighted by molar-refractivity contribution is 6.33.